The Hall–Kier alpha value is -1.88. The Morgan fingerprint density at radius 3 is 2.80 bits per heavy atom. The van der Waals surface area contributed by atoms with Crippen molar-refractivity contribution in [3.8, 4) is 0 Å². The summed E-state index contributed by atoms with van der Waals surface area (Å²) in [5.41, 5.74) is 2.54. The van der Waals surface area contributed by atoms with Crippen LogP contribution >= 0.6 is 0 Å². The smallest absolute Gasteiger partial charge is 0.228 e. The van der Waals surface area contributed by atoms with Gasteiger partial charge in [0.25, 0.3) is 0 Å². The molecule has 0 aromatic heterocycles. The third-order valence-electron chi connectivity index (χ3n) is 3.56. The van der Waals surface area contributed by atoms with Crippen molar-refractivity contribution in [2.75, 3.05) is 30.3 Å². The van der Waals surface area contributed by atoms with Crippen molar-refractivity contribution in [2.45, 2.75) is 26.7 Å². The first-order valence-corrected chi connectivity index (χ1v) is 7.07. The molecule has 0 bridgehead atoms. The van der Waals surface area contributed by atoms with Crippen LogP contribution in [0.5, 0.6) is 0 Å². The number of benzene rings is 1. The second-order valence-corrected chi connectivity index (χ2v) is 4.92. The van der Waals surface area contributed by atoms with Gasteiger partial charge in [0.15, 0.2) is 0 Å². The summed E-state index contributed by atoms with van der Waals surface area (Å²) in [5, 5.41) is 5.66. The molecule has 1 aliphatic heterocycles. The zero-order valence-electron chi connectivity index (χ0n) is 12.0. The minimum Gasteiger partial charge on any atom is -0.326 e. The molecule has 0 fully saturated rings. The molecular weight excluding hydrogens is 254 g/mol. The Bertz CT molecular complexity index is 510. The summed E-state index contributed by atoms with van der Waals surface area (Å²) in [6.07, 6.45) is 0.869. The molecule has 0 spiro atoms. The van der Waals surface area contributed by atoms with Gasteiger partial charge < -0.3 is 15.5 Å². The van der Waals surface area contributed by atoms with Gasteiger partial charge >= 0.3 is 0 Å². The molecule has 0 saturated heterocycles. The minimum absolute atomic E-state index is 0.00464. The molecule has 2 amide bonds. The largest absolute Gasteiger partial charge is 0.326 e. The number of carbonyl (C=O) groups is 2. The minimum atomic E-state index is 0.00464. The van der Waals surface area contributed by atoms with Crippen LogP contribution in [0.2, 0.25) is 0 Å². The third kappa shape index (κ3) is 3.57. The van der Waals surface area contributed by atoms with Gasteiger partial charge in [-0.1, -0.05) is 13.8 Å². The van der Waals surface area contributed by atoms with Crippen molar-refractivity contribution in [3.05, 3.63) is 23.8 Å². The van der Waals surface area contributed by atoms with Crippen LogP contribution in [0.25, 0.3) is 0 Å². The Balaban J connectivity index is 1.89. The SMILES string of the molecule is CCN(CC)CCC(=O)Nc1ccc2c(c1)CC(=O)N2. The number of anilines is 2. The van der Waals surface area contributed by atoms with E-state index in [1.165, 1.54) is 0 Å². The van der Waals surface area contributed by atoms with Gasteiger partial charge in [-0.05, 0) is 36.9 Å². The number of hydrogen-bond donors (Lipinski definition) is 2. The summed E-state index contributed by atoms with van der Waals surface area (Å²) >= 11 is 0. The molecular formula is C15H21N3O2. The predicted molar refractivity (Wildman–Crippen MR) is 79.8 cm³/mol. The van der Waals surface area contributed by atoms with Crippen molar-refractivity contribution >= 4 is 23.2 Å². The number of nitrogens with one attached hydrogen (secondary N) is 2. The van der Waals surface area contributed by atoms with Crippen LogP contribution in [0.15, 0.2) is 18.2 Å². The standard InChI is InChI=1S/C15H21N3O2/c1-3-18(4-2)8-7-14(19)16-12-5-6-13-11(9-12)10-15(20)17-13/h5-6,9H,3-4,7-8,10H2,1-2H3,(H,16,19)(H,17,20). The van der Waals surface area contributed by atoms with Crippen LogP contribution in [0.1, 0.15) is 25.8 Å². The molecule has 0 saturated carbocycles. The highest BCUT2D eigenvalue weighted by Crippen LogP contribution is 2.25. The first kappa shape index (κ1) is 14.5. The molecule has 108 valence electrons. The second-order valence-electron chi connectivity index (χ2n) is 4.92. The van der Waals surface area contributed by atoms with Crippen LogP contribution in [0.4, 0.5) is 11.4 Å². The van der Waals surface area contributed by atoms with Crippen LogP contribution in [0, 0.1) is 0 Å². The molecule has 0 atom stereocenters. The van der Waals surface area contributed by atoms with Crippen molar-refractivity contribution in [3.63, 3.8) is 0 Å². The normalized spacial score (nSPS) is 13.2. The fourth-order valence-corrected chi connectivity index (χ4v) is 2.33. The molecule has 1 aromatic carbocycles. The summed E-state index contributed by atoms with van der Waals surface area (Å²) in [7, 11) is 0. The van der Waals surface area contributed by atoms with Gasteiger partial charge in [0.2, 0.25) is 11.8 Å². The topological polar surface area (TPSA) is 61.4 Å². The fraction of sp³-hybridized carbons (Fsp3) is 0.467. The molecule has 0 unspecified atom stereocenters. The quantitative estimate of drug-likeness (QED) is 0.833. The van der Waals surface area contributed by atoms with Gasteiger partial charge in [-0.3, -0.25) is 9.59 Å². The van der Waals surface area contributed by atoms with Gasteiger partial charge in [-0.25, -0.2) is 0 Å². The molecule has 2 rings (SSSR count). The summed E-state index contributed by atoms with van der Waals surface area (Å²) in [6.45, 7) is 6.86. The number of carbonyl (C=O) groups excluding carboxylic acids is 2. The molecule has 20 heavy (non-hydrogen) atoms. The van der Waals surface area contributed by atoms with Crippen molar-refractivity contribution in [1.82, 2.24) is 4.90 Å². The molecule has 5 nitrogen and oxygen atoms in total. The van der Waals surface area contributed by atoms with Crippen LogP contribution in [-0.4, -0.2) is 36.3 Å². The van der Waals surface area contributed by atoms with Crippen LogP contribution < -0.4 is 10.6 Å². The maximum atomic E-state index is 11.9. The highest BCUT2D eigenvalue weighted by molar-refractivity contribution is 6.00. The first-order chi connectivity index (χ1) is 9.62. The van der Waals surface area contributed by atoms with Crippen molar-refractivity contribution in [1.29, 1.82) is 0 Å². The predicted octanol–water partition coefficient (Wildman–Crippen LogP) is 1.85. The van der Waals surface area contributed by atoms with Crippen molar-refractivity contribution in [2.24, 2.45) is 0 Å². The zero-order chi connectivity index (χ0) is 14.5. The summed E-state index contributed by atoms with van der Waals surface area (Å²) < 4.78 is 0. The van der Waals surface area contributed by atoms with Crippen LogP contribution in [0.3, 0.4) is 0 Å². The maximum Gasteiger partial charge on any atom is 0.228 e. The summed E-state index contributed by atoms with van der Waals surface area (Å²) in [4.78, 5) is 25.4. The number of hydrogen-bond acceptors (Lipinski definition) is 3. The summed E-state index contributed by atoms with van der Waals surface area (Å²) in [6, 6.07) is 5.52. The van der Waals surface area contributed by atoms with E-state index in [2.05, 4.69) is 29.4 Å². The molecule has 5 heteroatoms. The van der Waals surface area contributed by atoms with E-state index in [9.17, 15) is 9.59 Å². The molecule has 0 radical (unpaired) electrons. The Morgan fingerprint density at radius 2 is 2.10 bits per heavy atom. The van der Waals surface area contributed by atoms with E-state index in [1.54, 1.807) is 0 Å². The van der Waals surface area contributed by atoms with Gasteiger partial charge in [-0.2, -0.15) is 0 Å². The van der Waals surface area contributed by atoms with Gasteiger partial charge in [0.1, 0.15) is 0 Å². The van der Waals surface area contributed by atoms with E-state index < -0.39 is 0 Å². The Morgan fingerprint density at radius 1 is 1.35 bits per heavy atom. The lowest BCUT2D eigenvalue weighted by atomic mass is 10.1. The number of amides is 2. The highest BCUT2D eigenvalue weighted by Gasteiger charge is 2.17. The van der Waals surface area contributed by atoms with E-state index in [0.29, 0.717) is 12.8 Å². The summed E-state index contributed by atoms with van der Waals surface area (Å²) in [5.74, 6) is 0.0131. The number of rotatable bonds is 6. The lowest BCUT2D eigenvalue weighted by Crippen LogP contribution is -2.27. The molecule has 1 aliphatic rings. The highest BCUT2D eigenvalue weighted by atomic mass is 16.2. The van der Waals surface area contributed by atoms with E-state index in [4.69, 9.17) is 0 Å². The van der Waals surface area contributed by atoms with Gasteiger partial charge in [0, 0.05) is 24.3 Å². The van der Waals surface area contributed by atoms with E-state index in [-0.39, 0.29) is 11.8 Å². The molecule has 0 aliphatic carbocycles. The van der Waals surface area contributed by atoms with E-state index >= 15 is 0 Å². The fourth-order valence-electron chi connectivity index (χ4n) is 2.33. The van der Waals surface area contributed by atoms with E-state index in [1.807, 2.05) is 18.2 Å². The van der Waals surface area contributed by atoms with Gasteiger partial charge in [-0.15, -0.1) is 0 Å². The molecule has 1 aromatic rings. The van der Waals surface area contributed by atoms with Gasteiger partial charge in [0.05, 0.1) is 6.42 Å². The number of fused-ring (bicyclic) bond motifs is 1. The monoisotopic (exact) mass is 275 g/mol. The lowest BCUT2D eigenvalue weighted by Gasteiger charge is -2.17. The maximum absolute atomic E-state index is 11.9. The number of nitrogens with zero attached hydrogens (tertiary/aromatic N) is 1. The first-order valence-electron chi connectivity index (χ1n) is 7.07. The van der Waals surface area contributed by atoms with Crippen LogP contribution in [-0.2, 0) is 16.0 Å². The zero-order valence-corrected chi connectivity index (χ0v) is 12.0. The lowest BCUT2D eigenvalue weighted by molar-refractivity contribution is -0.116. The second kappa shape index (κ2) is 6.52. The third-order valence-corrected chi connectivity index (χ3v) is 3.56. The van der Waals surface area contributed by atoms with Crippen molar-refractivity contribution < 1.29 is 9.59 Å². The Kier molecular flexibility index (Phi) is 4.74. The van der Waals surface area contributed by atoms with E-state index in [0.717, 1.165) is 36.6 Å². The average Bonchev–Trinajstić information content (AvgIpc) is 2.79. The molecule has 1 heterocycles. The molecule has 2 N–H and O–H groups in total. The average molecular weight is 275 g/mol. The Labute approximate surface area is 119 Å².